The van der Waals surface area contributed by atoms with Crippen molar-refractivity contribution in [2.75, 3.05) is 7.05 Å². The van der Waals surface area contributed by atoms with E-state index in [9.17, 15) is 8.42 Å². The van der Waals surface area contributed by atoms with Crippen LogP contribution in [0.15, 0.2) is 47.1 Å². The molecule has 2 aromatic heterocycles. The first-order valence-electron chi connectivity index (χ1n) is 10.1. The molecular formula is C22H30N4O2S2. The molecule has 0 saturated carbocycles. The van der Waals surface area contributed by atoms with Crippen molar-refractivity contribution in [3.8, 4) is 0 Å². The normalized spacial score (nSPS) is 13.3. The van der Waals surface area contributed by atoms with Crippen molar-refractivity contribution in [3.05, 3.63) is 63.9 Å². The maximum absolute atomic E-state index is 12.9. The first-order valence-corrected chi connectivity index (χ1v) is 12.6. The minimum atomic E-state index is -3.47. The van der Waals surface area contributed by atoms with Crippen LogP contribution < -0.4 is 0 Å². The van der Waals surface area contributed by atoms with Gasteiger partial charge in [0.1, 0.15) is 5.01 Å². The van der Waals surface area contributed by atoms with Gasteiger partial charge in [0.05, 0.1) is 23.2 Å². The van der Waals surface area contributed by atoms with E-state index in [0.29, 0.717) is 13.1 Å². The van der Waals surface area contributed by atoms with Crippen LogP contribution in [0.4, 0.5) is 0 Å². The largest absolute Gasteiger partial charge is 0.317 e. The number of sulfone groups is 1. The van der Waals surface area contributed by atoms with Crippen molar-refractivity contribution in [3.63, 3.8) is 0 Å². The van der Waals surface area contributed by atoms with Crippen LogP contribution in [0.25, 0.3) is 0 Å². The van der Waals surface area contributed by atoms with Crippen molar-refractivity contribution in [1.82, 2.24) is 19.4 Å². The molecule has 0 spiro atoms. The molecule has 2 heterocycles. The summed E-state index contributed by atoms with van der Waals surface area (Å²) in [6.45, 7) is 8.67. The van der Waals surface area contributed by atoms with Crippen LogP contribution in [0.1, 0.15) is 48.8 Å². The summed E-state index contributed by atoms with van der Waals surface area (Å²) in [5, 5.41) is 2.75. The molecule has 1 aromatic carbocycles. The molecule has 8 heteroatoms. The Morgan fingerprint density at radius 2 is 1.87 bits per heavy atom. The number of hydrogen-bond acceptors (Lipinski definition) is 6. The van der Waals surface area contributed by atoms with Gasteiger partial charge >= 0.3 is 0 Å². The van der Waals surface area contributed by atoms with E-state index in [1.165, 1.54) is 5.56 Å². The fourth-order valence-corrected chi connectivity index (χ4v) is 5.28. The van der Waals surface area contributed by atoms with Crippen LogP contribution in [-0.2, 0) is 29.3 Å². The van der Waals surface area contributed by atoms with Crippen molar-refractivity contribution >= 4 is 21.2 Å². The molecule has 3 aromatic rings. The van der Waals surface area contributed by atoms with Crippen molar-refractivity contribution < 1.29 is 8.42 Å². The highest BCUT2D eigenvalue weighted by Gasteiger charge is 2.27. The highest BCUT2D eigenvalue weighted by atomic mass is 32.2. The molecular weight excluding hydrogens is 416 g/mol. The van der Waals surface area contributed by atoms with Crippen molar-refractivity contribution in [2.45, 2.75) is 63.7 Å². The third-order valence-electron chi connectivity index (χ3n) is 5.31. The van der Waals surface area contributed by atoms with Gasteiger partial charge in [0.25, 0.3) is 0 Å². The van der Waals surface area contributed by atoms with Gasteiger partial charge in [0, 0.05) is 24.2 Å². The molecule has 0 fully saturated rings. The summed E-state index contributed by atoms with van der Waals surface area (Å²) in [5.74, 6) is 0. The Bertz CT molecular complexity index is 1070. The molecule has 0 N–H and O–H groups in total. The monoisotopic (exact) mass is 446 g/mol. The van der Waals surface area contributed by atoms with Gasteiger partial charge in [0.15, 0.2) is 0 Å². The van der Waals surface area contributed by atoms with Crippen molar-refractivity contribution in [2.24, 2.45) is 0 Å². The maximum Gasteiger partial charge on any atom is 0.228 e. The lowest BCUT2D eigenvalue weighted by atomic mass is 10.1. The Kier molecular flexibility index (Phi) is 7.10. The lowest BCUT2D eigenvalue weighted by Crippen LogP contribution is -2.25. The standard InChI is InChI=1S/C22H30N4O2S2/c1-16(2)30(27,28)22-23-13-20(26(22)12-11-19-9-7-6-8-10-19)14-25(5)18(4)21-24-17(3)15-29-21/h6-10,13,15-16,18H,11-12,14H2,1-5H3/t18-/m1/s1. The fraction of sp³-hybridized carbons (Fsp3) is 0.455. The number of hydrogen-bond donors (Lipinski definition) is 0. The lowest BCUT2D eigenvalue weighted by Gasteiger charge is -2.24. The van der Waals surface area contributed by atoms with E-state index >= 15 is 0 Å². The molecule has 0 aliphatic heterocycles. The zero-order valence-corrected chi connectivity index (χ0v) is 19.9. The number of nitrogens with zero attached hydrogens (tertiary/aromatic N) is 4. The predicted octanol–water partition coefficient (Wildman–Crippen LogP) is 4.27. The zero-order valence-electron chi connectivity index (χ0n) is 18.2. The summed E-state index contributed by atoms with van der Waals surface area (Å²) in [7, 11) is -1.44. The van der Waals surface area contributed by atoms with Gasteiger partial charge in [-0.05, 0) is 46.7 Å². The second kappa shape index (κ2) is 9.41. The Balaban J connectivity index is 1.88. The molecule has 162 valence electrons. The Morgan fingerprint density at radius 1 is 1.17 bits per heavy atom. The summed E-state index contributed by atoms with van der Waals surface area (Å²) in [6.07, 6.45) is 2.45. The van der Waals surface area contributed by atoms with Gasteiger partial charge in [-0.1, -0.05) is 30.3 Å². The fourth-order valence-electron chi connectivity index (χ4n) is 3.23. The van der Waals surface area contributed by atoms with E-state index in [2.05, 4.69) is 39.3 Å². The van der Waals surface area contributed by atoms with Crippen LogP contribution in [0.3, 0.4) is 0 Å². The maximum atomic E-state index is 12.9. The molecule has 1 atom stereocenters. The van der Waals surface area contributed by atoms with Crippen LogP contribution >= 0.6 is 11.3 Å². The number of aryl methyl sites for hydroxylation is 2. The van der Waals surface area contributed by atoms with E-state index in [4.69, 9.17) is 0 Å². The Hall–Kier alpha value is -2.03. The first kappa shape index (κ1) is 22.7. The van der Waals surface area contributed by atoms with Gasteiger partial charge in [-0.15, -0.1) is 11.3 Å². The van der Waals surface area contributed by atoms with E-state index in [1.54, 1.807) is 31.4 Å². The smallest absolute Gasteiger partial charge is 0.228 e. The number of benzene rings is 1. The Labute approximate surface area is 183 Å². The summed E-state index contributed by atoms with van der Waals surface area (Å²) in [4.78, 5) is 11.1. The SMILES string of the molecule is Cc1csc([C@@H](C)N(C)Cc2cnc(S(=O)(=O)C(C)C)n2CCc2ccccc2)n1. The Morgan fingerprint density at radius 3 is 2.47 bits per heavy atom. The van der Waals surface area contributed by atoms with Crippen LogP contribution in [0.5, 0.6) is 0 Å². The highest BCUT2D eigenvalue weighted by Crippen LogP contribution is 2.25. The molecule has 0 saturated heterocycles. The average molecular weight is 447 g/mol. The first-order chi connectivity index (χ1) is 14.2. The van der Waals surface area contributed by atoms with Gasteiger partial charge in [-0.25, -0.2) is 18.4 Å². The minimum absolute atomic E-state index is 0.131. The summed E-state index contributed by atoms with van der Waals surface area (Å²) >= 11 is 1.65. The molecule has 3 rings (SSSR count). The number of thiazole rings is 1. The molecule has 0 aliphatic rings. The van der Waals surface area contributed by atoms with E-state index in [0.717, 1.165) is 22.8 Å². The molecule has 6 nitrogen and oxygen atoms in total. The quantitative estimate of drug-likeness (QED) is 0.491. The van der Waals surface area contributed by atoms with Gasteiger partial charge in [-0.2, -0.15) is 0 Å². The molecule has 0 radical (unpaired) electrons. The second-order valence-corrected chi connectivity index (χ2v) is 11.2. The van der Waals surface area contributed by atoms with Gasteiger partial charge in [0.2, 0.25) is 15.0 Å². The zero-order chi connectivity index (χ0) is 21.9. The van der Waals surface area contributed by atoms with E-state index < -0.39 is 15.1 Å². The molecule has 0 unspecified atom stereocenters. The predicted molar refractivity (Wildman–Crippen MR) is 121 cm³/mol. The minimum Gasteiger partial charge on any atom is -0.317 e. The van der Waals surface area contributed by atoms with E-state index in [1.807, 2.05) is 36.7 Å². The van der Waals surface area contributed by atoms with E-state index in [-0.39, 0.29) is 11.2 Å². The summed E-state index contributed by atoms with van der Waals surface area (Å²) < 4.78 is 27.7. The van der Waals surface area contributed by atoms with Crippen LogP contribution in [0, 0.1) is 6.92 Å². The summed E-state index contributed by atoms with van der Waals surface area (Å²) in [6, 6.07) is 10.2. The molecule has 0 amide bonds. The van der Waals surface area contributed by atoms with Gasteiger partial charge < -0.3 is 4.57 Å². The lowest BCUT2D eigenvalue weighted by molar-refractivity contribution is 0.245. The molecule has 30 heavy (non-hydrogen) atoms. The van der Waals surface area contributed by atoms with Gasteiger partial charge in [-0.3, -0.25) is 4.90 Å². The number of aromatic nitrogens is 3. The average Bonchev–Trinajstić information content (AvgIpc) is 3.33. The molecule has 0 bridgehead atoms. The third-order valence-corrected chi connectivity index (χ3v) is 8.52. The number of rotatable bonds is 9. The summed E-state index contributed by atoms with van der Waals surface area (Å²) in [5.41, 5.74) is 3.09. The molecule has 0 aliphatic carbocycles. The second-order valence-electron chi connectivity index (χ2n) is 7.93. The van der Waals surface area contributed by atoms with Crippen molar-refractivity contribution in [1.29, 1.82) is 0 Å². The highest BCUT2D eigenvalue weighted by molar-refractivity contribution is 7.91. The van der Waals surface area contributed by atoms with Crippen LogP contribution in [-0.4, -0.2) is 40.2 Å². The third kappa shape index (κ3) is 4.99. The topological polar surface area (TPSA) is 68.1 Å². The van der Waals surface area contributed by atoms with Crippen LogP contribution in [0.2, 0.25) is 0 Å². The number of imidazole rings is 1.